The topological polar surface area (TPSA) is 87.5 Å². The first kappa shape index (κ1) is 23.4. The van der Waals surface area contributed by atoms with Crippen molar-refractivity contribution in [2.45, 2.75) is 25.9 Å². The first-order chi connectivity index (χ1) is 16.7. The van der Waals surface area contributed by atoms with Crippen LogP contribution in [0.25, 0.3) is 0 Å². The van der Waals surface area contributed by atoms with Crippen LogP contribution in [0.3, 0.4) is 0 Å². The van der Waals surface area contributed by atoms with Gasteiger partial charge in [0.15, 0.2) is 17.5 Å². The highest BCUT2D eigenvalue weighted by Gasteiger charge is 2.40. The Morgan fingerprint density at radius 3 is 2.49 bits per heavy atom. The summed E-state index contributed by atoms with van der Waals surface area (Å²) >= 11 is 0. The van der Waals surface area contributed by atoms with Crippen LogP contribution in [0.15, 0.2) is 48.7 Å². The molecule has 8 nitrogen and oxygen atoms in total. The van der Waals surface area contributed by atoms with Crippen LogP contribution in [-0.4, -0.2) is 41.5 Å². The predicted octanol–water partition coefficient (Wildman–Crippen LogP) is 3.07. The van der Waals surface area contributed by atoms with E-state index in [-0.39, 0.29) is 25.2 Å². The molecule has 0 bridgehead atoms. The molecule has 1 fully saturated rings. The number of rotatable bonds is 5. The molecule has 3 aromatic rings. The van der Waals surface area contributed by atoms with Crippen molar-refractivity contribution in [2.75, 3.05) is 22.7 Å². The summed E-state index contributed by atoms with van der Waals surface area (Å²) in [6.45, 7) is 1.19. The molecule has 12 heteroatoms. The van der Waals surface area contributed by atoms with E-state index in [0.717, 1.165) is 5.56 Å². The van der Waals surface area contributed by atoms with E-state index in [4.69, 9.17) is 0 Å². The maximum Gasteiger partial charge on any atom is 0.304 e. The molecule has 5 rings (SSSR count). The van der Waals surface area contributed by atoms with Gasteiger partial charge in [-0.15, -0.1) is 0 Å². The number of anilines is 2. The van der Waals surface area contributed by atoms with Gasteiger partial charge in [-0.2, -0.15) is 17.8 Å². The lowest BCUT2D eigenvalue weighted by atomic mass is 9.94. The van der Waals surface area contributed by atoms with Crippen LogP contribution in [0.5, 0.6) is 0 Å². The van der Waals surface area contributed by atoms with Crippen LogP contribution in [0, 0.1) is 23.4 Å². The second-order valence-electron chi connectivity index (χ2n) is 8.53. The zero-order valence-electron chi connectivity index (χ0n) is 18.5. The van der Waals surface area contributed by atoms with Crippen molar-refractivity contribution in [3.8, 4) is 0 Å². The molecule has 0 spiro atoms. The van der Waals surface area contributed by atoms with E-state index in [9.17, 15) is 26.4 Å². The van der Waals surface area contributed by atoms with Gasteiger partial charge >= 0.3 is 10.2 Å². The summed E-state index contributed by atoms with van der Waals surface area (Å²) in [7, 11) is -3.79. The van der Waals surface area contributed by atoms with Gasteiger partial charge in [0.2, 0.25) is 5.91 Å². The number of benzene rings is 2. The van der Waals surface area contributed by atoms with E-state index in [1.807, 2.05) is 30.3 Å². The lowest BCUT2D eigenvalue weighted by Gasteiger charge is -2.26. The summed E-state index contributed by atoms with van der Waals surface area (Å²) in [6, 6.07) is 10.7. The molecule has 184 valence electrons. The van der Waals surface area contributed by atoms with Crippen LogP contribution in [-0.2, 0) is 34.5 Å². The van der Waals surface area contributed by atoms with Crippen molar-refractivity contribution in [1.82, 2.24) is 14.1 Å². The number of aryl methyl sites for hydroxylation is 1. The molecule has 2 aliphatic heterocycles. The van der Waals surface area contributed by atoms with E-state index < -0.39 is 39.5 Å². The van der Waals surface area contributed by atoms with Crippen molar-refractivity contribution in [3.05, 3.63) is 77.4 Å². The molecular formula is C23H22F3N5O3S. The molecule has 1 atom stereocenters. The fourth-order valence-electron chi connectivity index (χ4n) is 4.49. The Hall–Kier alpha value is -3.38. The van der Waals surface area contributed by atoms with Gasteiger partial charge in [0.25, 0.3) is 0 Å². The molecular weight excluding hydrogens is 483 g/mol. The third-order valence-electron chi connectivity index (χ3n) is 6.31. The molecule has 0 saturated carbocycles. The SMILES string of the molecule is O=C(Nc1cc(F)c(F)c(F)c1)C1CCn2ncc(N3CCN(Cc4ccccc4)S3(=O)=O)c2C1. The zero-order chi connectivity index (χ0) is 24.7. The molecule has 1 N–H and O–H groups in total. The lowest BCUT2D eigenvalue weighted by molar-refractivity contribution is -0.120. The monoisotopic (exact) mass is 505 g/mol. The smallest absolute Gasteiger partial charge is 0.304 e. The fourth-order valence-corrected chi connectivity index (χ4v) is 6.10. The number of hydrogen-bond acceptors (Lipinski definition) is 4. The number of amides is 1. The van der Waals surface area contributed by atoms with E-state index in [1.54, 1.807) is 4.68 Å². The van der Waals surface area contributed by atoms with Gasteiger partial charge in [-0.1, -0.05) is 30.3 Å². The van der Waals surface area contributed by atoms with Gasteiger partial charge in [0, 0.05) is 56.3 Å². The Balaban J connectivity index is 1.33. The van der Waals surface area contributed by atoms with Gasteiger partial charge in [-0.05, 0) is 12.0 Å². The Labute approximate surface area is 200 Å². The Kier molecular flexibility index (Phi) is 6.01. The van der Waals surface area contributed by atoms with E-state index >= 15 is 0 Å². The van der Waals surface area contributed by atoms with Gasteiger partial charge in [0.05, 0.1) is 17.6 Å². The minimum atomic E-state index is -3.79. The van der Waals surface area contributed by atoms with Gasteiger partial charge in [-0.25, -0.2) is 13.2 Å². The van der Waals surface area contributed by atoms with Crippen LogP contribution in [0.4, 0.5) is 24.5 Å². The average molecular weight is 506 g/mol. The highest BCUT2D eigenvalue weighted by atomic mass is 32.2. The molecule has 2 aromatic carbocycles. The van der Waals surface area contributed by atoms with Crippen molar-refractivity contribution < 1.29 is 26.4 Å². The Morgan fingerprint density at radius 1 is 1.06 bits per heavy atom. The predicted molar refractivity (Wildman–Crippen MR) is 122 cm³/mol. The highest BCUT2D eigenvalue weighted by molar-refractivity contribution is 7.90. The summed E-state index contributed by atoms with van der Waals surface area (Å²) in [5, 5.41) is 6.73. The third-order valence-corrected chi connectivity index (χ3v) is 8.21. The summed E-state index contributed by atoms with van der Waals surface area (Å²) in [5.41, 5.74) is 1.69. The summed E-state index contributed by atoms with van der Waals surface area (Å²) in [6.07, 6.45) is 2.08. The first-order valence-electron chi connectivity index (χ1n) is 11.1. The Bertz CT molecular complexity index is 1360. The largest absolute Gasteiger partial charge is 0.326 e. The number of fused-ring (bicyclic) bond motifs is 1. The maximum absolute atomic E-state index is 13.5. The molecule has 0 radical (unpaired) electrons. The zero-order valence-corrected chi connectivity index (χ0v) is 19.3. The molecule has 1 saturated heterocycles. The number of aromatic nitrogens is 2. The molecule has 0 aliphatic carbocycles. The van der Waals surface area contributed by atoms with Crippen LogP contribution in [0.1, 0.15) is 17.7 Å². The first-order valence-corrected chi connectivity index (χ1v) is 12.5. The highest BCUT2D eigenvalue weighted by Crippen LogP contribution is 2.34. The molecule has 2 aliphatic rings. The van der Waals surface area contributed by atoms with Gasteiger partial charge in [-0.3, -0.25) is 13.8 Å². The number of halogens is 3. The van der Waals surface area contributed by atoms with Gasteiger partial charge < -0.3 is 5.32 Å². The maximum atomic E-state index is 13.5. The quantitative estimate of drug-likeness (QED) is 0.540. The molecule has 1 amide bonds. The number of nitrogens with one attached hydrogen (secondary N) is 1. The summed E-state index contributed by atoms with van der Waals surface area (Å²) in [5.74, 6) is -5.49. The molecule has 1 unspecified atom stereocenters. The lowest BCUT2D eigenvalue weighted by Crippen LogP contribution is -2.35. The second-order valence-corrected chi connectivity index (χ2v) is 10.4. The summed E-state index contributed by atoms with van der Waals surface area (Å²) < 4.78 is 71.1. The van der Waals surface area contributed by atoms with E-state index in [2.05, 4.69) is 10.4 Å². The normalized spacial score (nSPS) is 19.5. The Morgan fingerprint density at radius 2 is 1.77 bits per heavy atom. The van der Waals surface area contributed by atoms with E-state index in [0.29, 0.717) is 43.0 Å². The minimum absolute atomic E-state index is 0.190. The average Bonchev–Trinajstić information content (AvgIpc) is 3.37. The molecule has 1 aromatic heterocycles. The number of carbonyl (C=O) groups excluding carboxylic acids is 1. The molecule has 35 heavy (non-hydrogen) atoms. The van der Waals surface area contributed by atoms with Crippen LogP contribution in [0.2, 0.25) is 0 Å². The molecule has 3 heterocycles. The van der Waals surface area contributed by atoms with Crippen LogP contribution < -0.4 is 9.62 Å². The standard InChI is InChI=1S/C23H22F3N5O3S/c24-18-11-17(12-19(25)22(18)26)28-23(32)16-6-7-30-20(10-16)21(13-27-30)31-9-8-29(35(31,33)34)14-15-4-2-1-3-5-15/h1-5,11-13,16H,6-10,14H2,(H,28,32). The number of hydrogen-bond donors (Lipinski definition) is 1. The third kappa shape index (κ3) is 4.39. The summed E-state index contributed by atoms with van der Waals surface area (Å²) in [4.78, 5) is 12.8. The van der Waals surface area contributed by atoms with Crippen molar-refractivity contribution in [3.63, 3.8) is 0 Å². The fraction of sp³-hybridized carbons (Fsp3) is 0.304. The van der Waals surface area contributed by atoms with Crippen molar-refractivity contribution in [2.24, 2.45) is 5.92 Å². The van der Waals surface area contributed by atoms with Crippen molar-refractivity contribution in [1.29, 1.82) is 0 Å². The second kappa shape index (κ2) is 9.00. The van der Waals surface area contributed by atoms with Gasteiger partial charge in [0.1, 0.15) is 0 Å². The number of carbonyl (C=O) groups is 1. The number of nitrogens with zero attached hydrogens (tertiary/aromatic N) is 4. The van der Waals surface area contributed by atoms with Crippen molar-refractivity contribution >= 4 is 27.5 Å². The van der Waals surface area contributed by atoms with E-state index in [1.165, 1.54) is 14.8 Å². The van der Waals surface area contributed by atoms with Crippen LogP contribution >= 0.6 is 0 Å². The minimum Gasteiger partial charge on any atom is -0.326 e.